The first kappa shape index (κ1) is 14.9. The van der Waals surface area contributed by atoms with Crippen molar-refractivity contribution in [3.63, 3.8) is 0 Å². The van der Waals surface area contributed by atoms with Gasteiger partial charge in [0.1, 0.15) is 0 Å². The summed E-state index contributed by atoms with van der Waals surface area (Å²) in [6.07, 6.45) is 1.08. The van der Waals surface area contributed by atoms with Crippen LogP contribution in [-0.4, -0.2) is 27.9 Å². The number of imidazole rings is 1. The zero-order valence-electron chi connectivity index (χ0n) is 14.1. The lowest BCUT2D eigenvalue weighted by atomic mass is 10.0. The third kappa shape index (κ3) is 2.41. The predicted molar refractivity (Wildman–Crippen MR) is 104 cm³/mol. The van der Waals surface area contributed by atoms with Gasteiger partial charge in [0.05, 0.1) is 11.4 Å². The van der Waals surface area contributed by atoms with E-state index in [4.69, 9.17) is 4.98 Å². The Balaban J connectivity index is 1.82. The summed E-state index contributed by atoms with van der Waals surface area (Å²) in [5, 5.41) is 0. The van der Waals surface area contributed by atoms with E-state index in [0.29, 0.717) is 0 Å². The normalized spacial score (nSPS) is 14.8. The van der Waals surface area contributed by atoms with Gasteiger partial charge in [0.2, 0.25) is 0 Å². The van der Waals surface area contributed by atoms with E-state index >= 15 is 0 Å². The monoisotopic (exact) mass is 345 g/mol. The van der Waals surface area contributed by atoms with Crippen LogP contribution in [0, 0.1) is 0 Å². The van der Waals surface area contributed by atoms with Crippen LogP contribution in [0.2, 0.25) is 0 Å². The SMILES string of the molecule is CN1CCc2c(sc3nc(-c4ccccc4)c(-c4ccccc4)n23)C1. The number of hydrogen-bond donors (Lipinski definition) is 0. The molecule has 0 saturated carbocycles. The van der Waals surface area contributed by atoms with Crippen molar-refractivity contribution >= 4 is 16.3 Å². The van der Waals surface area contributed by atoms with E-state index in [1.807, 2.05) is 11.3 Å². The molecule has 0 aliphatic carbocycles. The van der Waals surface area contributed by atoms with Gasteiger partial charge in [-0.15, -0.1) is 0 Å². The highest BCUT2D eigenvalue weighted by Gasteiger charge is 2.25. The molecule has 4 heteroatoms. The first-order chi connectivity index (χ1) is 12.3. The van der Waals surface area contributed by atoms with Crippen molar-refractivity contribution in [1.82, 2.24) is 14.3 Å². The van der Waals surface area contributed by atoms with Crippen LogP contribution >= 0.6 is 11.3 Å². The van der Waals surface area contributed by atoms with Crippen LogP contribution < -0.4 is 0 Å². The van der Waals surface area contributed by atoms with Gasteiger partial charge in [-0.05, 0) is 7.05 Å². The van der Waals surface area contributed by atoms with Gasteiger partial charge in [0, 0.05) is 41.2 Å². The number of rotatable bonds is 2. The van der Waals surface area contributed by atoms with Crippen LogP contribution in [0.4, 0.5) is 0 Å². The summed E-state index contributed by atoms with van der Waals surface area (Å²) in [7, 11) is 2.19. The average molecular weight is 345 g/mol. The molecule has 2 aromatic heterocycles. The summed E-state index contributed by atoms with van der Waals surface area (Å²) >= 11 is 1.84. The molecular formula is C21H19N3S. The third-order valence-electron chi connectivity index (χ3n) is 4.89. The van der Waals surface area contributed by atoms with Crippen LogP contribution in [0.1, 0.15) is 10.6 Å². The lowest BCUT2D eigenvalue weighted by molar-refractivity contribution is 0.314. The minimum Gasteiger partial charge on any atom is -0.301 e. The maximum Gasteiger partial charge on any atom is 0.195 e. The highest BCUT2D eigenvalue weighted by molar-refractivity contribution is 7.17. The molecule has 124 valence electrons. The fourth-order valence-electron chi connectivity index (χ4n) is 3.67. The van der Waals surface area contributed by atoms with Gasteiger partial charge in [-0.3, -0.25) is 4.40 Å². The van der Waals surface area contributed by atoms with Crippen molar-refractivity contribution in [3.05, 3.63) is 71.2 Å². The Morgan fingerprint density at radius 2 is 1.60 bits per heavy atom. The highest BCUT2D eigenvalue weighted by atomic mass is 32.1. The van der Waals surface area contributed by atoms with Crippen LogP contribution in [0.3, 0.4) is 0 Å². The van der Waals surface area contributed by atoms with Crippen molar-refractivity contribution in [1.29, 1.82) is 0 Å². The third-order valence-corrected chi connectivity index (χ3v) is 5.96. The molecule has 0 atom stereocenters. The molecule has 0 saturated heterocycles. The quantitative estimate of drug-likeness (QED) is 0.524. The maximum absolute atomic E-state index is 5.05. The molecule has 0 N–H and O–H groups in total. The first-order valence-electron chi connectivity index (χ1n) is 8.63. The van der Waals surface area contributed by atoms with Crippen LogP contribution in [0.5, 0.6) is 0 Å². The molecule has 0 radical (unpaired) electrons. The van der Waals surface area contributed by atoms with E-state index in [-0.39, 0.29) is 0 Å². The summed E-state index contributed by atoms with van der Waals surface area (Å²) in [6, 6.07) is 21.2. The molecular weight excluding hydrogens is 326 g/mol. The van der Waals surface area contributed by atoms with E-state index in [1.165, 1.54) is 27.4 Å². The molecule has 3 nitrogen and oxygen atoms in total. The molecule has 3 heterocycles. The molecule has 5 rings (SSSR count). The Morgan fingerprint density at radius 1 is 0.920 bits per heavy atom. The molecule has 0 unspecified atom stereocenters. The van der Waals surface area contributed by atoms with Gasteiger partial charge in [-0.2, -0.15) is 0 Å². The molecule has 0 bridgehead atoms. The predicted octanol–water partition coefficient (Wildman–Crippen LogP) is 4.72. The summed E-state index contributed by atoms with van der Waals surface area (Å²) in [6.45, 7) is 2.13. The van der Waals surface area contributed by atoms with Crippen LogP contribution in [0.25, 0.3) is 27.5 Å². The Kier molecular flexibility index (Phi) is 3.47. The van der Waals surface area contributed by atoms with Crippen molar-refractivity contribution in [2.75, 3.05) is 13.6 Å². The second-order valence-corrected chi connectivity index (χ2v) is 7.68. The minimum absolute atomic E-state index is 1.03. The zero-order valence-corrected chi connectivity index (χ0v) is 15.0. The number of aromatic nitrogens is 2. The summed E-state index contributed by atoms with van der Waals surface area (Å²) < 4.78 is 2.41. The Labute approximate surface area is 151 Å². The van der Waals surface area contributed by atoms with E-state index < -0.39 is 0 Å². The van der Waals surface area contributed by atoms with E-state index in [1.54, 1.807) is 0 Å². The zero-order chi connectivity index (χ0) is 16.8. The number of thiazole rings is 1. The number of benzene rings is 2. The second kappa shape index (κ2) is 5.83. The minimum atomic E-state index is 1.03. The number of hydrogen-bond acceptors (Lipinski definition) is 3. The van der Waals surface area contributed by atoms with Gasteiger partial charge in [-0.1, -0.05) is 72.0 Å². The molecule has 0 spiro atoms. The number of nitrogens with zero attached hydrogens (tertiary/aromatic N) is 3. The van der Waals surface area contributed by atoms with Crippen LogP contribution in [-0.2, 0) is 13.0 Å². The standard InChI is InChI=1S/C21H19N3S/c1-23-13-12-17-18(14-23)25-21-22-19(15-8-4-2-5-9-15)20(24(17)21)16-10-6-3-7-11-16/h2-11H,12-14H2,1H3. The summed E-state index contributed by atoms with van der Waals surface area (Å²) in [5.74, 6) is 0. The Bertz CT molecular complexity index is 1030. The lowest BCUT2D eigenvalue weighted by Crippen LogP contribution is -2.26. The average Bonchev–Trinajstić information content (AvgIpc) is 3.18. The largest absolute Gasteiger partial charge is 0.301 e. The Morgan fingerprint density at radius 3 is 2.32 bits per heavy atom. The van der Waals surface area contributed by atoms with Gasteiger partial charge in [0.25, 0.3) is 0 Å². The van der Waals surface area contributed by atoms with Gasteiger partial charge in [0.15, 0.2) is 4.96 Å². The lowest BCUT2D eigenvalue weighted by Gasteiger charge is -2.22. The molecule has 4 aromatic rings. The fourth-order valence-corrected chi connectivity index (χ4v) is 4.91. The van der Waals surface area contributed by atoms with Crippen molar-refractivity contribution in [2.24, 2.45) is 0 Å². The van der Waals surface area contributed by atoms with E-state index in [9.17, 15) is 0 Å². The molecule has 25 heavy (non-hydrogen) atoms. The van der Waals surface area contributed by atoms with E-state index in [2.05, 4.69) is 77.0 Å². The van der Waals surface area contributed by atoms with E-state index in [0.717, 1.165) is 30.2 Å². The first-order valence-corrected chi connectivity index (χ1v) is 9.45. The summed E-state index contributed by atoms with van der Waals surface area (Å²) in [4.78, 5) is 10.0. The molecule has 1 aliphatic rings. The van der Waals surface area contributed by atoms with Gasteiger partial charge in [-0.25, -0.2) is 4.98 Å². The molecule has 0 amide bonds. The smallest absolute Gasteiger partial charge is 0.195 e. The summed E-state index contributed by atoms with van der Waals surface area (Å²) in [5.41, 5.74) is 6.16. The van der Waals surface area contributed by atoms with Crippen LogP contribution in [0.15, 0.2) is 60.7 Å². The van der Waals surface area contributed by atoms with Crippen molar-refractivity contribution in [3.8, 4) is 22.5 Å². The number of likely N-dealkylation sites (N-methyl/N-ethyl adjacent to an activating group) is 1. The number of fused-ring (bicyclic) bond motifs is 3. The molecule has 1 aliphatic heterocycles. The highest BCUT2D eigenvalue weighted by Crippen LogP contribution is 2.38. The molecule has 2 aromatic carbocycles. The van der Waals surface area contributed by atoms with Crippen molar-refractivity contribution in [2.45, 2.75) is 13.0 Å². The fraction of sp³-hybridized carbons (Fsp3) is 0.190. The van der Waals surface area contributed by atoms with Crippen molar-refractivity contribution < 1.29 is 0 Å². The molecule has 0 fully saturated rings. The maximum atomic E-state index is 5.05. The Hall–Kier alpha value is -2.43. The van der Waals surface area contributed by atoms with Gasteiger partial charge < -0.3 is 4.90 Å². The second-order valence-electron chi connectivity index (χ2n) is 6.62. The van der Waals surface area contributed by atoms with Gasteiger partial charge >= 0.3 is 0 Å². The topological polar surface area (TPSA) is 20.5 Å².